The first-order valence-electron chi connectivity index (χ1n) is 10.0. The van der Waals surface area contributed by atoms with Crippen molar-refractivity contribution in [3.8, 4) is 11.3 Å². The molecule has 3 aromatic rings. The van der Waals surface area contributed by atoms with E-state index in [1.165, 1.54) is 6.26 Å². The normalized spacial score (nSPS) is 12.6. The number of hydrogen-bond donors (Lipinski definition) is 3. The van der Waals surface area contributed by atoms with Crippen LogP contribution < -0.4 is 15.8 Å². The molecule has 0 saturated carbocycles. The highest BCUT2D eigenvalue weighted by Gasteiger charge is 2.24. The summed E-state index contributed by atoms with van der Waals surface area (Å²) >= 11 is 1.11. The molecule has 1 aromatic carbocycles. The minimum atomic E-state index is -3.64. The second-order valence-corrected chi connectivity index (χ2v) is 13.4. The van der Waals surface area contributed by atoms with Crippen molar-refractivity contribution < 1.29 is 16.8 Å². The summed E-state index contributed by atoms with van der Waals surface area (Å²) in [5.74, 6) is 0.574. The molecule has 2 aromatic heterocycles. The first kappa shape index (κ1) is 25.1. The molecular weight excluding hydrogens is 482 g/mol. The zero-order chi connectivity index (χ0) is 24.4. The van der Waals surface area contributed by atoms with Crippen LogP contribution in [0.25, 0.3) is 11.3 Å². The van der Waals surface area contributed by atoms with Crippen LogP contribution >= 0.6 is 11.3 Å². The van der Waals surface area contributed by atoms with E-state index in [-0.39, 0.29) is 15.1 Å². The van der Waals surface area contributed by atoms with Gasteiger partial charge in [0.15, 0.2) is 9.84 Å². The molecular formula is C21H27N5O4S3. The van der Waals surface area contributed by atoms with Crippen molar-refractivity contribution in [2.45, 2.75) is 41.8 Å². The second-order valence-electron chi connectivity index (χ2n) is 8.60. The lowest BCUT2D eigenvalue weighted by Gasteiger charge is -2.19. The van der Waals surface area contributed by atoms with Crippen molar-refractivity contribution in [2.24, 2.45) is 0 Å². The van der Waals surface area contributed by atoms with E-state index in [4.69, 9.17) is 5.73 Å². The molecule has 33 heavy (non-hydrogen) atoms. The quantitative estimate of drug-likeness (QED) is 0.420. The molecule has 0 bridgehead atoms. The maximum absolute atomic E-state index is 12.6. The summed E-state index contributed by atoms with van der Waals surface area (Å²) in [7, 11) is -6.86. The van der Waals surface area contributed by atoms with Gasteiger partial charge in [0.25, 0.3) is 10.0 Å². The molecule has 2 heterocycles. The molecule has 9 nitrogen and oxygen atoms in total. The van der Waals surface area contributed by atoms with Crippen molar-refractivity contribution in [2.75, 3.05) is 23.9 Å². The first-order chi connectivity index (χ1) is 15.2. The number of sulfonamides is 1. The number of aromatic nitrogens is 2. The topological polar surface area (TPSA) is 144 Å². The van der Waals surface area contributed by atoms with E-state index in [1.54, 1.807) is 62.5 Å². The van der Waals surface area contributed by atoms with Gasteiger partial charge in [-0.1, -0.05) is 12.1 Å². The van der Waals surface area contributed by atoms with E-state index in [0.29, 0.717) is 30.0 Å². The first-order valence-corrected chi connectivity index (χ1v) is 14.3. The lowest BCUT2D eigenvalue weighted by atomic mass is 10.1. The molecule has 0 atom stereocenters. The van der Waals surface area contributed by atoms with Gasteiger partial charge in [-0.15, -0.1) is 11.3 Å². The number of hydrogen-bond acceptors (Lipinski definition) is 9. The fourth-order valence-electron chi connectivity index (χ4n) is 2.99. The Labute approximate surface area is 198 Å². The zero-order valence-corrected chi connectivity index (χ0v) is 21.2. The third-order valence-corrected chi connectivity index (χ3v) is 8.72. The standard InChI is InChI=1S/C21H27N5O4S3/c1-21(2,3)26-33(29,30)19-11-15(13-31-19)17-12-18(25-20(22)24-17)23-10-9-14-5-7-16(8-6-14)32(4,27)28/h5-8,11-13,26H,9-10H2,1-4H3,(H3,22,23,24,25). The predicted molar refractivity (Wildman–Crippen MR) is 132 cm³/mol. The van der Waals surface area contributed by atoms with Gasteiger partial charge in [-0.3, -0.25) is 0 Å². The summed E-state index contributed by atoms with van der Waals surface area (Å²) in [4.78, 5) is 8.70. The average Bonchev–Trinajstić information content (AvgIpc) is 3.17. The average molecular weight is 510 g/mol. The number of sulfone groups is 1. The van der Waals surface area contributed by atoms with Crippen LogP contribution in [0, 0.1) is 0 Å². The number of thiophene rings is 1. The van der Waals surface area contributed by atoms with Crippen LogP contribution in [-0.2, 0) is 26.3 Å². The van der Waals surface area contributed by atoms with E-state index < -0.39 is 25.4 Å². The Morgan fingerprint density at radius 2 is 1.70 bits per heavy atom. The Morgan fingerprint density at radius 3 is 2.30 bits per heavy atom. The second kappa shape index (κ2) is 9.37. The molecule has 12 heteroatoms. The highest BCUT2D eigenvalue weighted by molar-refractivity contribution is 7.91. The van der Waals surface area contributed by atoms with Gasteiger partial charge in [-0.25, -0.2) is 26.5 Å². The highest BCUT2D eigenvalue weighted by atomic mass is 32.2. The number of rotatable bonds is 8. The number of nitrogen functional groups attached to an aromatic ring is 1. The largest absolute Gasteiger partial charge is 0.370 e. The van der Waals surface area contributed by atoms with Crippen LogP contribution in [0.3, 0.4) is 0 Å². The van der Waals surface area contributed by atoms with Crippen molar-refractivity contribution in [1.82, 2.24) is 14.7 Å². The number of anilines is 2. The van der Waals surface area contributed by atoms with Crippen LogP contribution in [0.4, 0.5) is 11.8 Å². The van der Waals surface area contributed by atoms with E-state index in [9.17, 15) is 16.8 Å². The maximum atomic E-state index is 12.6. The van der Waals surface area contributed by atoms with E-state index in [2.05, 4.69) is 20.0 Å². The zero-order valence-electron chi connectivity index (χ0n) is 18.8. The monoisotopic (exact) mass is 509 g/mol. The Balaban J connectivity index is 1.71. The molecule has 4 N–H and O–H groups in total. The molecule has 0 radical (unpaired) electrons. The van der Waals surface area contributed by atoms with Crippen LogP contribution in [0.1, 0.15) is 26.3 Å². The fourth-order valence-corrected chi connectivity index (χ4v) is 6.21. The van der Waals surface area contributed by atoms with Gasteiger partial charge >= 0.3 is 0 Å². The van der Waals surface area contributed by atoms with Gasteiger partial charge in [0.2, 0.25) is 5.95 Å². The van der Waals surface area contributed by atoms with Crippen molar-refractivity contribution in [3.05, 3.63) is 47.3 Å². The van der Waals surface area contributed by atoms with Crippen molar-refractivity contribution >= 4 is 43.0 Å². The van der Waals surface area contributed by atoms with Crippen LogP contribution in [-0.4, -0.2) is 45.1 Å². The number of nitrogens with zero attached hydrogens (tertiary/aromatic N) is 2. The Bertz CT molecular complexity index is 1340. The summed E-state index contributed by atoms with van der Waals surface area (Å²) < 4.78 is 51.1. The molecule has 0 aliphatic carbocycles. The maximum Gasteiger partial charge on any atom is 0.250 e. The molecule has 0 aliphatic rings. The minimum Gasteiger partial charge on any atom is -0.370 e. The Hall–Kier alpha value is -2.54. The van der Waals surface area contributed by atoms with Gasteiger partial charge < -0.3 is 11.1 Å². The molecule has 0 spiro atoms. The van der Waals surface area contributed by atoms with Gasteiger partial charge in [0.1, 0.15) is 10.0 Å². The SMILES string of the molecule is CC(C)(C)NS(=O)(=O)c1cc(-c2cc(NCCc3ccc(S(C)(=O)=O)cc3)nc(N)n2)cs1. The van der Waals surface area contributed by atoms with E-state index >= 15 is 0 Å². The summed E-state index contributed by atoms with van der Waals surface area (Å²) in [6, 6.07) is 9.99. The minimum absolute atomic E-state index is 0.0657. The summed E-state index contributed by atoms with van der Waals surface area (Å²) in [5, 5.41) is 4.89. The predicted octanol–water partition coefficient (Wildman–Crippen LogP) is 2.92. The Morgan fingerprint density at radius 1 is 1.03 bits per heavy atom. The van der Waals surface area contributed by atoms with E-state index in [0.717, 1.165) is 16.9 Å². The van der Waals surface area contributed by atoms with Gasteiger partial charge in [-0.05, 0) is 51.0 Å². The molecule has 178 valence electrons. The lowest BCUT2D eigenvalue weighted by Crippen LogP contribution is -2.40. The van der Waals surface area contributed by atoms with Crippen LogP contribution in [0.5, 0.6) is 0 Å². The number of nitrogens with two attached hydrogens (primary N) is 1. The summed E-state index contributed by atoms with van der Waals surface area (Å²) in [6.07, 6.45) is 1.82. The third kappa shape index (κ3) is 6.97. The number of nitrogens with one attached hydrogen (secondary N) is 2. The van der Waals surface area contributed by atoms with Crippen molar-refractivity contribution in [3.63, 3.8) is 0 Å². The van der Waals surface area contributed by atoms with Crippen molar-refractivity contribution in [1.29, 1.82) is 0 Å². The molecule has 0 unspecified atom stereocenters. The number of benzene rings is 1. The molecule has 0 fully saturated rings. The highest BCUT2D eigenvalue weighted by Crippen LogP contribution is 2.29. The van der Waals surface area contributed by atoms with E-state index in [1.807, 2.05) is 0 Å². The van der Waals surface area contributed by atoms with Crippen LogP contribution in [0.2, 0.25) is 0 Å². The van der Waals surface area contributed by atoms with Crippen LogP contribution in [0.15, 0.2) is 50.9 Å². The van der Waals surface area contributed by atoms with Gasteiger partial charge in [0.05, 0.1) is 10.6 Å². The summed E-state index contributed by atoms with van der Waals surface area (Å²) in [5.41, 5.74) is 7.38. The lowest BCUT2D eigenvalue weighted by molar-refractivity contribution is 0.492. The molecule has 3 rings (SSSR count). The third-order valence-electron chi connectivity index (χ3n) is 4.39. The molecule has 0 saturated heterocycles. The molecule has 0 aliphatic heterocycles. The molecule has 0 amide bonds. The van der Waals surface area contributed by atoms with Gasteiger partial charge in [-0.2, -0.15) is 4.98 Å². The fraction of sp³-hybridized carbons (Fsp3) is 0.333. The smallest absolute Gasteiger partial charge is 0.250 e. The van der Waals surface area contributed by atoms with Gasteiger partial charge in [0, 0.05) is 35.3 Å². The Kier molecular flexibility index (Phi) is 7.13. The summed E-state index contributed by atoms with van der Waals surface area (Å²) in [6.45, 7) is 5.87.